The first kappa shape index (κ1) is 15.5. The van der Waals surface area contributed by atoms with Crippen LogP contribution in [0.5, 0.6) is 0 Å². The number of nitrogens with zero attached hydrogens (tertiary/aromatic N) is 2. The zero-order valence-corrected chi connectivity index (χ0v) is 14.0. The van der Waals surface area contributed by atoms with Crippen LogP contribution in [0, 0.1) is 13.8 Å². The average molecular weight is 336 g/mol. The Morgan fingerprint density at radius 1 is 0.800 bits per heavy atom. The fraction of sp³-hybridized carbons (Fsp3) is 0.211. The first-order chi connectivity index (χ1) is 11.8. The van der Waals surface area contributed by atoms with E-state index in [2.05, 4.69) is 0 Å². The average Bonchev–Trinajstić information content (AvgIpc) is 2.92. The summed E-state index contributed by atoms with van der Waals surface area (Å²) >= 11 is 0. The minimum atomic E-state index is -1.11. The van der Waals surface area contributed by atoms with Gasteiger partial charge in [-0.05, 0) is 49.2 Å². The first-order valence-corrected chi connectivity index (χ1v) is 7.90. The van der Waals surface area contributed by atoms with Crippen LogP contribution in [0.15, 0.2) is 30.3 Å². The van der Waals surface area contributed by atoms with Crippen molar-refractivity contribution in [2.75, 3.05) is 11.9 Å². The summed E-state index contributed by atoms with van der Waals surface area (Å²) < 4.78 is 0. The van der Waals surface area contributed by atoms with Crippen molar-refractivity contribution < 1.29 is 19.5 Å². The van der Waals surface area contributed by atoms with Gasteiger partial charge in [0.05, 0.1) is 16.8 Å². The normalized spacial score (nSPS) is 18.9. The maximum atomic E-state index is 12.8. The first-order valence-electron chi connectivity index (χ1n) is 7.90. The molecule has 0 fully saturated rings. The van der Waals surface area contributed by atoms with Gasteiger partial charge in [0.25, 0.3) is 17.7 Å². The molecule has 0 spiro atoms. The van der Waals surface area contributed by atoms with Crippen LogP contribution < -0.4 is 4.90 Å². The second-order valence-electron chi connectivity index (χ2n) is 6.57. The van der Waals surface area contributed by atoms with Crippen LogP contribution in [-0.4, -0.2) is 34.8 Å². The Hall–Kier alpha value is -2.99. The highest BCUT2D eigenvalue weighted by molar-refractivity contribution is 6.35. The van der Waals surface area contributed by atoms with Crippen molar-refractivity contribution in [1.29, 1.82) is 0 Å². The van der Waals surface area contributed by atoms with Crippen LogP contribution >= 0.6 is 0 Å². The van der Waals surface area contributed by atoms with Crippen LogP contribution in [-0.2, 0) is 0 Å². The number of anilines is 1. The van der Waals surface area contributed by atoms with Gasteiger partial charge in [-0.25, -0.2) is 4.90 Å². The van der Waals surface area contributed by atoms with Crippen LogP contribution in [0.25, 0.3) is 0 Å². The van der Waals surface area contributed by atoms with Crippen molar-refractivity contribution in [3.05, 3.63) is 63.7 Å². The summed E-state index contributed by atoms with van der Waals surface area (Å²) in [5.74, 6) is -1.26. The lowest BCUT2D eigenvalue weighted by atomic mass is 10.0. The van der Waals surface area contributed by atoms with E-state index in [1.165, 1.54) is 24.1 Å². The van der Waals surface area contributed by atoms with Gasteiger partial charge in [-0.3, -0.25) is 14.4 Å². The summed E-state index contributed by atoms with van der Waals surface area (Å²) in [7, 11) is 1.48. The molecule has 4 rings (SSSR count). The third-order valence-electron chi connectivity index (χ3n) is 4.72. The zero-order chi connectivity index (χ0) is 18.0. The van der Waals surface area contributed by atoms with E-state index in [9.17, 15) is 19.5 Å². The van der Waals surface area contributed by atoms with E-state index < -0.39 is 18.0 Å². The molecule has 25 heavy (non-hydrogen) atoms. The highest BCUT2D eigenvalue weighted by Crippen LogP contribution is 2.37. The van der Waals surface area contributed by atoms with Gasteiger partial charge in [0, 0.05) is 18.2 Å². The lowest BCUT2D eigenvalue weighted by Crippen LogP contribution is -2.29. The van der Waals surface area contributed by atoms with E-state index >= 15 is 0 Å². The minimum Gasteiger partial charge on any atom is -0.369 e. The third-order valence-corrected chi connectivity index (χ3v) is 4.72. The molecule has 2 aliphatic heterocycles. The highest BCUT2D eigenvalue weighted by Gasteiger charge is 2.42. The lowest BCUT2D eigenvalue weighted by Gasteiger charge is -2.15. The Labute approximate surface area is 144 Å². The Morgan fingerprint density at radius 2 is 1.36 bits per heavy atom. The molecular weight excluding hydrogens is 320 g/mol. The molecule has 1 unspecified atom stereocenters. The van der Waals surface area contributed by atoms with Crippen molar-refractivity contribution >= 4 is 23.4 Å². The summed E-state index contributed by atoms with van der Waals surface area (Å²) in [5.41, 5.74) is 3.42. The molecule has 2 aliphatic rings. The molecule has 2 aromatic rings. The van der Waals surface area contributed by atoms with Gasteiger partial charge in [0.2, 0.25) is 0 Å². The Morgan fingerprint density at radius 3 is 1.96 bits per heavy atom. The number of aliphatic hydroxyl groups is 1. The number of fused-ring (bicyclic) bond motifs is 2. The summed E-state index contributed by atoms with van der Waals surface area (Å²) in [6.45, 7) is 3.79. The van der Waals surface area contributed by atoms with Gasteiger partial charge in [0.1, 0.15) is 0 Å². The van der Waals surface area contributed by atoms with E-state index in [1.54, 1.807) is 12.1 Å². The van der Waals surface area contributed by atoms with Gasteiger partial charge in [-0.1, -0.05) is 6.07 Å². The van der Waals surface area contributed by atoms with Gasteiger partial charge in [-0.2, -0.15) is 0 Å². The molecule has 3 amide bonds. The zero-order valence-electron chi connectivity index (χ0n) is 14.0. The highest BCUT2D eigenvalue weighted by atomic mass is 16.3. The molecule has 1 N–H and O–H groups in total. The number of carbonyl (C=O) groups excluding carboxylic acids is 3. The largest absolute Gasteiger partial charge is 0.369 e. The number of aliphatic hydroxyl groups excluding tert-OH is 1. The summed E-state index contributed by atoms with van der Waals surface area (Å²) in [6, 6.07) is 8.38. The predicted octanol–water partition coefficient (Wildman–Crippen LogP) is 2.18. The Kier molecular flexibility index (Phi) is 3.11. The van der Waals surface area contributed by atoms with Crippen molar-refractivity contribution in [2.45, 2.75) is 20.1 Å². The van der Waals surface area contributed by atoms with Crippen molar-refractivity contribution in [3.63, 3.8) is 0 Å². The molecule has 1 atom stereocenters. The fourth-order valence-corrected chi connectivity index (χ4v) is 3.53. The standard InChI is InChI=1S/C19H16N2O4/c1-9-4-10(2)6-11(5-9)21-18(24)14-7-12-13(8-15(14)19(21)25)17(23)20(3)16(12)22/h4-8,16,22H,1-3H3. The number of amides is 3. The van der Waals surface area contributed by atoms with Crippen LogP contribution in [0.3, 0.4) is 0 Å². The van der Waals surface area contributed by atoms with E-state index in [4.69, 9.17) is 0 Å². The molecule has 126 valence electrons. The molecule has 2 heterocycles. The van der Waals surface area contributed by atoms with Crippen molar-refractivity contribution in [3.8, 4) is 0 Å². The second-order valence-corrected chi connectivity index (χ2v) is 6.57. The summed E-state index contributed by atoms with van der Waals surface area (Å²) in [6.07, 6.45) is -1.11. The van der Waals surface area contributed by atoms with Crippen LogP contribution in [0.1, 0.15) is 54.0 Å². The SMILES string of the molecule is Cc1cc(C)cc(N2C(=O)c3cc4c(cc3C2=O)C(O)N(C)C4=O)c1. The minimum absolute atomic E-state index is 0.193. The smallest absolute Gasteiger partial charge is 0.266 e. The number of aryl methyl sites for hydroxylation is 2. The third kappa shape index (κ3) is 2.04. The van der Waals surface area contributed by atoms with Gasteiger partial charge >= 0.3 is 0 Å². The number of hydrogen-bond donors (Lipinski definition) is 1. The molecule has 0 aliphatic carbocycles. The van der Waals surface area contributed by atoms with Gasteiger partial charge < -0.3 is 10.0 Å². The van der Waals surface area contributed by atoms with Gasteiger partial charge in [0.15, 0.2) is 6.23 Å². The Bertz CT molecular complexity index is 959. The van der Waals surface area contributed by atoms with Crippen molar-refractivity contribution in [2.24, 2.45) is 0 Å². The van der Waals surface area contributed by atoms with Crippen molar-refractivity contribution in [1.82, 2.24) is 4.90 Å². The molecule has 6 heteroatoms. The molecular formula is C19H16N2O4. The van der Waals surface area contributed by atoms with Crippen LogP contribution in [0.4, 0.5) is 5.69 Å². The number of benzene rings is 2. The molecule has 0 radical (unpaired) electrons. The number of imide groups is 1. The quantitative estimate of drug-likeness (QED) is 0.810. The Balaban J connectivity index is 1.86. The summed E-state index contributed by atoms with van der Waals surface area (Å²) in [4.78, 5) is 40.1. The van der Waals surface area contributed by atoms with E-state index in [-0.39, 0.29) is 22.6 Å². The van der Waals surface area contributed by atoms with E-state index in [1.807, 2.05) is 19.9 Å². The predicted molar refractivity (Wildman–Crippen MR) is 90.6 cm³/mol. The monoisotopic (exact) mass is 336 g/mol. The van der Waals surface area contributed by atoms with E-state index in [0.717, 1.165) is 16.0 Å². The maximum absolute atomic E-state index is 12.8. The molecule has 0 saturated heterocycles. The summed E-state index contributed by atoms with van der Waals surface area (Å²) in [5, 5.41) is 10.2. The maximum Gasteiger partial charge on any atom is 0.266 e. The molecule has 6 nitrogen and oxygen atoms in total. The van der Waals surface area contributed by atoms with E-state index in [0.29, 0.717) is 11.3 Å². The fourth-order valence-electron chi connectivity index (χ4n) is 3.53. The number of rotatable bonds is 1. The molecule has 0 aromatic heterocycles. The van der Waals surface area contributed by atoms with Gasteiger partial charge in [-0.15, -0.1) is 0 Å². The molecule has 0 saturated carbocycles. The number of carbonyl (C=O) groups is 3. The number of hydrogen-bond acceptors (Lipinski definition) is 4. The molecule has 0 bridgehead atoms. The molecule has 2 aromatic carbocycles. The van der Waals surface area contributed by atoms with Crippen LogP contribution in [0.2, 0.25) is 0 Å². The topological polar surface area (TPSA) is 77.9 Å². The second kappa shape index (κ2) is 5.00. The lowest BCUT2D eigenvalue weighted by molar-refractivity contribution is 0.0301.